The fourth-order valence-corrected chi connectivity index (χ4v) is 1.49. The van der Waals surface area contributed by atoms with Crippen molar-refractivity contribution in [1.82, 2.24) is 0 Å². The van der Waals surface area contributed by atoms with Crippen LogP contribution >= 0.6 is 0 Å². The molecule has 0 bridgehead atoms. The number of rotatable bonds is 5. The Labute approximate surface area is 112 Å². The number of aliphatic hydroxyl groups is 1. The van der Waals surface area contributed by atoms with Crippen molar-refractivity contribution < 1.29 is 23.8 Å². The molecule has 1 N–H and O–H groups in total. The fourth-order valence-electron chi connectivity index (χ4n) is 1.49. The van der Waals surface area contributed by atoms with E-state index in [1.165, 1.54) is 19.2 Å². The van der Waals surface area contributed by atoms with Gasteiger partial charge in [-0.3, -0.25) is 4.79 Å². The van der Waals surface area contributed by atoms with Crippen LogP contribution < -0.4 is 4.74 Å². The number of ether oxygens (including phenoxy) is 2. The quantitative estimate of drug-likeness (QED) is 0.835. The van der Waals surface area contributed by atoms with Crippen molar-refractivity contribution >= 4 is 5.97 Å². The van der Waals surface area contributed by atoms with Gasteiger partial charge in [0, 0.05) is 0 Å². The Kier molecular flexibility index (Phi) is 4.89. The summed E-state index contributed by atoms with van der Waals surface area (Å²) in [6.45, 7) is 4.86. The van der Waals surface area contributed by atoms with Crippen molar-refractivity contribution in [3.05, 3.63) is 29.6 Å². The number of aliphatic hydroxyl groups excluding tert-OH is 1. The van der Waals surface area contributed by atoms with Crippen LogP contribution in [-0.4, -0.2) is 24.8 Å². The Morgan fingerprint density at radius 3 is 2.58 bits per heavy atom. The van der Waals surface area contributed by atoms with E-state index in [4.69, 9.17) is 4.74 Å². The summed E-state index contributed by atoms with van der Waals surface area (Å²) in [5.74, 6) is -0.950. The van der Waals surface area contributed by atoms with Gasteiger partial charge in [-0.15, -0.1) is 0 Å². The molecule has 1 atom stereocenters. The third-order valence-corrected chi connectivity index (χ3v) is 2.76. The Morgan fingerprint density at radius 1 is 1.47 bits per heavy atom. The Hall–Kier alpha value is -1.62. The van der Waals surface area contributed by atoms with Gasteiger partial charge in [0.05, 0.1) is 18.6 Å². The maximum absolute atomic E-state index is 13.7. The SMILES string of the molecule is COC(=O)C(C)(C)COc1ccc([C@H](C)O)cc1F. The monoisotopic (exact) mass is 270 g/mol. The molecule has 0 radical (unpaired) electrons. The van der Waals surface area contributed by atoms with Crippen LogP contribution in [0.15, 0.2) is 18.2 Å². The average Bonchev–Trinajstić information content (AvgIpc) is 2.36. The first-order chi connectivity index (χ1) is 8.77. The van der Waals surface area contributed by atoms with Gasteiger partial charge in [0.15, 0.2) is 11.6 Å². The van der Waals surface area contributed by atoms with E-state index in [1.807, 2.05) is 0 Å². The summed E-state index contributed by atoms with van der Waals surface area (Å²) in [5, 5.41) is 9.33. The minimum Gasteiger partial charge on any atom is -0.489 e. The number of benzene rings is 1. The Balaban J connectivity index is 2.76. The lowest BCUT2D eigenvalue weighted by molar-refractivity contribution is -0.152. The highest BCUT2D eigenvalue weighted by molar-refractivity contribution is 5.75. The van der Waals surface area contributed by atoms with E-state index in [-0.39, 0.29) is 12.4 Å². The standard InChI is InChI=1S/C14H19FO4/c1-9(16)10-5-6-12(11(15)7-10)19-8-14(2,3)13(17)18-4/h5-7,9,16H,8H2,1-4H3/t9-/m0/s1. The van der Waals surface area contributed by atoms with Crippen LogP contribution in [0.1, 0.15) is 32.4 Å². The molecule has 0 heterocycles. The molecule has 19 heavy (non-hydrogen) atoms. The second-order valence-electron chi connectivity index (χ2n) is 5.03. The van der Waals surface area contributed by atoms with Crippen molar-refractivity contribution in [3.8, 4) is 5.75 Å². The van der Waals surface area contributed by atoms with Gasteiger partial charge in [-0.2, -0.15) is 0 Å². The molecule has 0 saturated carbocycles. The topological polar surface area (TPSA) is 55.8 Å². The van der Waals surface area contributed by atoms with Crippen LogP contribution in [0.5, 0.6) is 5.75 Å². The maximum atomic E-state index is 13.7. The highest BCUT2D eigenvalue weighted by Crippen LogP contribution is 2.25. The van der Waals surface area contributed by atoms with E-state index in [9.17, 15) is 14.3 Å². The van der Waals surface area contributed by atoms with Gasteiger partial charge in [0.25, 0.3) is 0 Å². The van der Waals surface area contributed by atoms with E-state index in [1.54, 1.807) is 26.8 Å². The number of esters is 1. The lowest BCUT2D eigenvalue weighted by Crippen LogP contribution is -2.32. The largest absolute Gasteiger partial charge is 0.489 e. The molecular weight excluding hydrogens is 251 g/mol. The highest BCUT2D eigenvalue weighted by atomic mass is 19.1. The Bertz CT molecular complexity index is 455. The number of methoxy groups -OCH3 is 1. The fraction of sp³-hybridized carbons (Fsp3) is 0.500. The first kappa shape index (κ1) is 15.4. The van der Waals surface area contributed by atoms with Crippen LogP contribution in [0, 0.1) is 11.2 Å². The average molecular weight is 270 g/mol. The van der Waals surface area contributed by atoms with Gasteiger partial charge in [-0.1, -0.05) is 6.07 Å². The molecule has 4 nitrogen and oxygen atoms in total. The lowest BCUT2D eigenvalue weighted by Gasteiger charge is -2.22. The number of hydrogen-bond donors (Lipinski definition) is 1. The highest BCUT2D eigenvalue weighted by Gasteiger charge is 2.30. The van der Waals surface area contributed by atoms with Crippen molar-refractivity contribution in [2.24, 2.45) is 5.41 Å². The number of carbonyl (C=O) groups is 1. The molecule has 5 heteroatoms. The third-order valence-electron chi connectivity index (χ3n) is 2.76. The molecule has 0 unspecified atom stereocenters. The van der Waals surface area contributed by atoms with Crippen LogP contribution in [-0.2, 0) is 9.53 Å². The van der Waals surface area contributed by atoms with Crippen molar-refractivity contribution in [2.75, 3.05) is 13.7 Å². The van der Waals surface area contributed by atoms with Crippen LogP contribution in [0.4, 0.5) is 4.39 Å². The predicted octanol–water partition coefficient (Wildman–Crippen LogP) is 2.46. The molecule has 0 aromatic heterocycles. The van der Waals surface area contributed by atoms with E-state index < -0.39 is 23.3 Å². The zero-order valence-corrected chi connectivity index (χ0v) is 11.6. The first-order valence-corrected chi connectivity index (χ1v) is 5.96. The Morgan fingerprint density at radius 2 is 2.11 bits per heavy atom. The molecule has 1 aromatic rings. The van der Waals surface area contributed by atoms with Gasteiger partial charge in [-0.05, 0) is 38.5 Å². The molecule has 0 fully saturated rings. The van der Waals surface area contributed by atoms with Crippen molar-refractivity contribution in [1.29, 1.82) is 0 Å². The summed E-state index contributed by atoms with van der Waals surface area (Å²) in [5.41, 5.74) is -0.387. The molecular formula is C14H19FO4. The van der Waals surface area contributed by atoms with E-state index >= 15 is 0 Å². The summed E-state index contributed by atoms with van der Waals surface area (Å²) < 4.78 is 23.7. The zero-order valence-electron chi connectivity index (χ0n) is 11.6. The lowest BCUT2D eigenvalue weighted by atomic mass is 9.95. The molecule has 1 aromatic carbocycles. The number of halogens is 1. The van der Waals surface area contributed by atoms with Crippen molar-refractivity contribution in [3.63, 3.8) is 0 Å². The third kappa shape index (κ3) is 3.92. The molecule has 106 valence electrons. The second kappa shape index (κ2) is 6.02. The minimum atomic E-state index is -0.857. The van der Waals surface area contributed by atoms with E-state index in [2.05, 4.69) is 4.74 Å². The summed E-state index contributed by atoms with van der Waals surface area (Å²) in [6.07, 6.45) is -0.741. The zero-order chi connectivity index (χ0) is 14.6. The predicted molar refractivity (Wildman–Crippen MR) is 68.3 cm³/mol. The second-order valence-corrected chi connectivity index (χ2v) is 5.03. The van der Waals surface area contributed by atoms with Gasteiger partial charge >= 0.3 is 5.97 Å². The van der Waals surface area contributed by atoms with Crippen molar-refractivity contribution in [2.45, 2.75) is 26.9 Å². The molecule has 0 amide bonds. The summed E-state index contributed by atoms with van der Waals surface area (Å²) in [4.78, 5) is 11.5. The van der Waals surface area contributed by atoms with Crippen LogP contribution in [0.25, 0.3) is 0 Å². The van der Waals surface area contributed by atoms with Gasteiger partial charge in [-0.25, -0.2) is 4.39 Å². The molecule has 0 aliphatic heterocycles. The number of carbonyl (C=O) groups excluding carboxylic acids is 1. The summed E-state index contributed by atoms with van der Waals surface area (Å²) >= 11 is 0. The maximum Gasteiger partial charge on any atom is 0.314 e. The van der Waals surface area contributed by atoms with Gasteiger partial charge in [0.1, 0.15) is 6.61 Å². The van der Waals surface area contributed by atoms with Crippen LogP contribution in [0.2, 0.25) is 0 Å². The molecule has 0 aliphatic rings. The summed E-state index contributed by atoms with van der Waals surface area (Å²) in [7, 11) is 1.29. The van der Waals surface area contributed by atoms with Gasteiger partial charge in [0.2, 0.25) is 0 Å². The van der Waals surface area contributed by atoms with E-state index in [0.717, 1.165) is 0 Å². The van der Waals surface area contributed by atoms with E-state index in [0.29, 0.717) is 5.56 Å². The van der Waals surface area contributed by atoms with Gasteiger partial charge < -0.3 is 14.6 Å². The first-order valence-electron chi connectivity index (χ1n) is 5.96. The number of hydrogen-bond acceptors (Lipinski definition) is 4. The molecule has 0 spiro atoms. The summed E-state index contributed by atoms with van der Waals surface area (Å²) in [6, 6.07) is 4.23. The normalized spacial score (nSPS) is 12.9. The molecule has 1 rings (SSSR count). The van der Waals surface area contributed by atoms with Crippen LogP contribution in [0.3, 0.4) is 0 Å². The minimum absolute atomic E-state index is 0.00458. The molecule has 0 saturated heterocycles. The molecule has 0 aliphatic carbocycles. The smallest absolute Gasteiger partial charge is 0.314 e.